The normalized spacial score (nSPS) is 29.8. The smallest absolute Gasteiger partial charge is 0.0593 e. The van der Waals surface area contributed by atoms with Gasteiger partial charge >= 0.3 is 0 Å². The molecule has 0 aliphatic heterocycles. The molecule has 102 valence electrons. The number of rotatable bonds is 7. The molecule has 0 heterocycles. The van der Waals surface area contributed by atoms with E-state index in [1.165, 1.54) is 25.7 Å². The topological polar surface area (TPSA) is 38.5 Å². The van der Waals surface area contributed by atoms with Gasteiger partial charge in [-0.1, -0.05) is 26.7 Å². The Morgan fingerprint density at radius 2 is 2.18 bits per heavy atom. The van der Waals surface area contributed by atoms with Crippen LogP contribution in [0.2, 0.25) is 0 Å². The minimum atomic E-state index is 0.229. The molecule has 1 fully saturated rings. The van der Waals surface area contributed by atoms with Crippen molar-refractivity contribution in [2.75, 3.05) is 33.4 Å². The van der Waals surface area contributed by atoms with Gasteiger partial charge in [-0.25, -0.2) is 0 Å². The summed E-state index contributed by atoms with van der Waals surface area (Å²) in [5, 5.41) is 0. The first-order valence-electron chi connectivity index (χ1n) is 7.13. The first kappa shape index (κ1) is 14.9. The maximum Gasteiger partial charge on any atom is 0.0593 e. The van der Waals surface area contributed by atoms with Crippen molar-refractivity contribution in [3.63, 3.8) is 0 Å². The van der Waals surface area contributed by atoms with E-state index < -0.39 is 0 Å². The van der Waals surface area contributed by atoms with Gasteiger partial charge in [0.2, 0.25) is 0 Å². The molecule has 17 heavy (non-hydrogen) atoms. The minimum Gasteiger partial charge on any atom is -0.380 e. The molecule has 0 saturated heterocycles. The average molecular weight is 242 g/mol. The molecule has 1 aliphatic carbocycles. The van der Waals surface area contributed by atoms with Crippen molar-refractivity contribution in [3.8, 4) is 0 Å². The van der Waals surface area contributed by atoms with Crippen molar-refractivity contribution >= 4 is 0 Å². The van der Waals surface area contributed by atoms with E-state index in [1.54, 1.807) is 0 Å². The lowest BCUT2D eigenvalue weighted by atomic mass is 9.75. The second-order valence-electron chi connectivity index (χ2n) is 5.66. The van der Waals surface area contributed by atoms with Crippen LogP contribution in [0.1, 0.15) is 46.0 Å². The maximum atomic E-state index is 6.05. The van der Waals surface area contributed by atoms with Gasteiger partial charge in [-0.15, -0.1) is 0 Å². The van der Waals surface area contributed by atoms with Crippen LogP contribution in [0.3, 0.4) is 0 Å². The average Bonchev–Trinajstić information content (AvgIpc) is 2.34. The molecule has 1 saturated carbocycles. The summed E-state index contributed by atoms with van der Waals surface area (Å²) in [6.07, 6.45) is 6.27. The van der Waals surface area contributed by atoms with E-state index in [9.17, 15) is 0 Å². The number of ether oxygens (including phenoxy) is 1. The van der Waals surface area contributed by atoms with Crippen LogP contribution in [0, 0.1) is 5.92 Å². The number of hydrogen-bond donors (Lipinski definition) is 1. The zero-order valence-corrected chi connectivity index (χ0v) is 11.9. The fraction of sp³-hybridized carbons (Fsp3) is 1.00. The lowest BCUT2D eigenvalue weighted by molar-refractivity contribution is 0.0300. The van der Waals surface area contributed by atoms with Gasteiger partial charge in [-0.2, -0.15) is 0 Å². The molecule has 3 heteroatoms. The van der Waals surface area contributed by atoms with Crippen LogP contribution in [0.25, 0.3) is 0 Å². The van der Waals surface area contributed by atoms with E-state index in [0.717, 1.165) is 38.6 Å². The number of nitrogens with two attached hydrogens (primary N) is 1. The Morgan fingerprint density at radius 1 is 1.41 bits per heavy atom. The molecule has 0 spiro atoms. The number of hydrogen-bond acceptors (Lipinski definition) is 3. The Kier molecular flexibility index (Phi) is 6.45. The molecule has 1 rings (SSSR count). The highest BCUT2D eigenvalue weighted by atomic mass is 16.5. The van der Waals surface area contributed by atoms with Gasteiger partial charge in [-0.3, -0.25) is 4.90 Å². The molecule has 0 bridgehead atoms. The molecule has 1 aliphatic rings. The van der Waals surface area contributed by atoms with Crippen molar-refractivity contribution in [2.45, 2.75) is 51.5 Å². The van der Waals surface area contributed by atoms with Crippen LogP contribution in [-0.2, 0) is 4.74 Å². The van der Waals surface area contributed by atoms with Crippen molar-refractivity contribution in [1.82, 2.24) is 4.90 Å². The standard InChI is InChI=1S/C14H30N2O/c1-4-9-17-10-8-16(3)14(12-15)7-5-6-13(2)11-14/h13H,4-12,15H2,1-3H3. The lowest BCUT2D eigenvalue weighted by Crippen LogP contribution is -2.55. The third kappa shape index (κ3) is 4.23. The van der Waals surface area contributed by atoms with E-state index in [2.05, 4.69) is 25.8 Å². The van der Waals surface area contributed by atoms with E-state index in [-0.39, 0.29) is 5.54 Å². The highest BCUT2D eigenvalue weighted by Gasteiger charge is 2.36. The molecule has 2 N–H and O–H groups in total. The fourth-order valence-electron chi connectivity index (χ4n) is 3.01. The van der Waals surface area contributed by atoms with Crippen LogP contribution < -0.4 is 5.73 Å². The number of likely N-dealkylation sites (N-methyl/N-ethyl adjacent to an activating group) is 1. The molecule has 2 unspecified atom stereocenters. The minimum absolute atomic E-state index is 0.229. The van der Waals surface area contributed by atoms with Crippen LogP contribution >= 0.6 is 0 Å². The third-order valence-electron chi connectivity index (χ3n) is 4.18. The van der Waals surface area contributed by atoms with E-state index in [4.69, 9.17) is 10.5 Å². The van der Waals surface area contributed by atoms with Crippen LogP contribution in [0.5, 0.6) is 0 Å². The highest BCUT2D eigenvalue weighted by molar-refractivity contribution is 4.94. The largest absolute Gasteiger partial charge is 0.380 e. The Hall–Kier alpha value is -0.120. The summed E-state index contributed by atoms with van der Waals surface area (Å²) in [4.78, 5) is 2.44. The highest BCUT2D eigenvalue weighted by Crippen LogP contribution is 2.35. The molecule has 0 aromatic rings. The maximum absolute atomic E-state index is 6.05. The van der Waals surface area contributed by atoms with Crippen LogP contribution in [0.15, 0.2) is 0 Å². The van der Waals surface area contributed by atoms with Crippen molar-refractivity contribution in [2.24, 2.45) is 11.7 Å². The molecule has 0 amide bonds. The zero-order chi connectivity index (χ0) is 12.7. The summed E-state index contributed by atoms with van der Waals surface area (Å²) in [6.45, 7) is 7.99. The summed E-state index contributed by atoms with van der Waals surface area (Å²) >= 11 is 0. The molecule has 0 aromatic carbocycles. The van der Waals surface area contributed by atoms with Crippen molar-refractivity contribution < 1.29 is 4.74 Å². The first-order chi connectivity index (χ1) is 8.14. The molecule has 2 atom stereocenters. The fourth-order valence-corrected chi connectivity index (χ4v) is 3.01. The van der Waals surface area contributed by atoms with Gasteiger partial charge in [0.25, 0.3) is 0 Å². The summed E-state index contributed by atoms with van der Waals surface area (Å²) in [7, 11) is 2.21. The summed E-state index contributed by atoms with van der Waals surface area (Å²) < 4.78 is 5.58. The summed E-state index contributed by atoms with van der Waals surface area (Å²) in [5.41, 5.74) is 6.28. The molecule has 0 aromatic heterocycles. The Morgan fingerprint density at radius 3 is 2.76 bits per heavy atom. The first-order valence-corrected chi connectivity index (χ1v) is 7.13. The second-order valence-corrected chi connectivity index (χ2v) is 5.66. The van der Waals surface area contributed by atoms with Gasteiger partial charge < -0.3 is 10.5 Å². The molecule has 0 radical (unpaired) electrons. The van der Waals surface area contributed by atoms with E-state index in [0.29, 0.717) is 0 Å². The third-order valence-corrected chi connectivity index (χ3v) is 4.18. The van der Waals surface area contributed by atoms with Gasteiger partial charge in [0.1, 0.15) is 0 Å². The monoisotopic (exact) mass is 242 g/mol. The Labute approximate surface area is 107 Å². The van der Waals surface area contributed by atoms with Gasteiger partial charge in [0.15, 0.2) is 0 Å². The van der Waals surface area contributed by atoms with Gasteiger partial charge in [0.05, 0.1) is 6.61 Å². The van der Waals surface area contributed by atoms with E-state index in [1.807, 2.05) is 0 Å². The predicted molar refractivity (Wildman–Crippen MR) is 73.2 cm³/mol. The van der Waals surface area contributed by atoms with Crippen LogP contribution in [0.4, 0.5) is 0 Å². The summed E-state index contributed by atoms with van der Waals surface area (Å²) in [6, 6.07) is 0. The van der Waals surface area contributed by atoms with Crippen LogP contribution in [-0.4, -0.2) is 43.8 Å². The summed E-state index contributed by atoms with van der Waals surface area (Å²) in [5.74, 6) is 0.811. The Balaban J connectivity index is 2.41. The van der Waals surface area contributed by atoms with Crippen molar-refractivity contribution in [3.05, 3.63) is 0 Å². The van der Waals surface area contributed by atoms with Gasteiger partial charge in [0, 0.05) is 25.2 Å². The van der Waals surface area contributed by atoms with Crippen molar-refractivity contribution in [1.29, 1.82) is 0 Å². The SMILES string of the molecule is CCCOCCN(C)C1(CN)CCCC(C)C1. The van der Waals surface area contributed by atoms with Gasteiger partial charge in [-0.05, 0) is 32.2 Å². The molecular formula is C14H30N2O. The van der Waals surface area contributed by atoms with E-state index >= 15 is 0 Å². The zero-order valence-electron chi connectivity index (χ0n) is 11.9. The predicted octanol–water partition coefficient (Wildman–Crippen LogP) is 2.25. The number of nitrogens with zero attached hydrogens (tertiary/aromatic N) is 1. The lowest BCUT2D eigenvalue weighted by Gasteiger charge is -2.46. The molecule has 3 nitrogen and oxygen atoms in total. The Bertz CT molecular complexity index is 210. The quantitative estimate of drug-likeness (QED) is 0.696. The second kappa shape index (κ2) is 7.34. The molecular weight excluding hydrogens is 212 g/mol.